The van der Waals surface area contributed by atoms with Crippen molar-refractivity contribution in [1.82, 2.24) is 0 Å². The van der Waals surface area contributed by atoms with Crippen molar-refractivity contribution >= 4 is 23.5 Å². The largest absolute Gasteiger partial charge is 0.220 e. The monoisotopic (exact) mass is 140 g/mol. The second-order valence-corrected chi connectivity index (χ2v) is 3.85. The minimum Gasteiger partial charge on any atom is -0.220 e. The first-order valence-corrected chi connectivity index (χ1v) is 4.36. The van der Waals surface area contributed by atoms with E-state index in [2.05, 4.69) is 0 Å². The van der Waals surface area contributed by atoms with E-state index in [1.807, 2.05) is 0 Å². The summed E-state index contributed by atoms with van der Waals surface area (Å²) < 4.78 is 11.4. The molecule has 0 aliphatic carbocycles. The summed E-state index contributed by atoms with van der Waals surface area (Å²) in [6, 6.07) is 0. The van der Waals surface area contributed by atoms with Crippen molar-refractivity contribution in [3.05, 3.63) is 0 Å². The molecule has 0 spiro atoms. The van der Waals surface area contributed by atoms with Crippen LogP contribution in [0.4, 0.5) is 4.39 Å². The highest BCUT2D eigenvalue weighted by molar-refractivity contribution is 8.17. The van der Waals surface area contributed by atoms with Gasteiger partial charge in [-0.15, -0.1) is 23.5 Å². The molecule has 0 radical (unpaired) electrons. The zero-order valence-electron chi connectivity index (χ0n) is 4.69. The Morgan fingerprint density at radius 2 is 1.57 bits per heavy atom. The Hall–Kier alpha value is 0.630. The van der Waals surface area contributed by atoms with Crippen LogP contribution in [0.1, 0.15) is 6.92 Å². The van der Waals surface area contributed by atoms with Gasteiger partial charge in [-0.1, -0.05) is 0 Å². The third-order valence-electron chi connectivity index (χ3n) is 0.729. The van der Waals surface area contributed by atoms with Crippen molar-refractivity contribution < 1.29 is 4.39 Å². The maximum absolute atomic E-state index is 12.5. The number of thioether (sulfide) groups is 2. The number of hydrogen-bond acceptors (Lipinski definition) is 2. The molecule has 0 amide bonds. The standard InChI is InChI=1S/C4H9FS2/c1-4(5,6-2)7-3/h1-3H3. The number of alkyl halides is 1. The van der Waals surface area contributed by atoms with Gasteiger partial charge >= 0.3 is 0 Å². The van der Waals surface area contributed by atoms with Gasteiger partial charge < -0.3 is 0 Å². The maximum Gasteiger partial charge on any atom is 0.198 e. The van der Waals surface area contributed by atoms with Crippen LogP contribution in [0.2, 0.25) is 0 Å². The molecule has 0 N–H and O–H groups in total. The topological polar surface area (TPSA) is 0 Å². The predicted molar refractivity (Wildman–Crippen MR) is 36.5 cm³/mol. The first-order chi connectivity index (χ1) is 3.12. The smallest absolute Gasteiger partial charge is 0.198 e. The van der Waals surface area contributed by atoms with E-state index < -0.39 is 4.33 Å². The molecule has 0 rings (SSSR count). The van der Waals surface area contributed by atoms with Gasteiger partial charge in [-0.25, -0.2) is 4.39 Å². The van der Waals surface area contributed by atoms with Crippen LogP contribution < -0.4 is 0 Å². The van der Waals surface area contributed by atoms with Crippen LogP contribution in [0.25, 0.3) is 0 Å². The van der Waals surface area contributed by atoms with Gasteiger partial charge in [-0.05, 0) is 19.4 Å². The van der Waals surface area contributed by atoms with Crippen LogP contribution >= 0.6 is 23.5 Å². The lowest BCUT2D eigenvalue weighted by Gasteiger charge is -2.11. The van der Waals surface area contributed by atoms with Crippen molar-refractivity contribution in [3.8, 4) is 0 Å². The molecule has 0 aromatic heterocycles. The van der Waals surface area contributed by atoms with Crippen LogP contribution in [-0.4, -0.2) is 16.8 Å². The van der Waals surface area contributed by atoms with Crippen LogP contribution in [-0.2, 0) is 0 Å². The number of rotatable bonds is 2. The summed E-state index contributed by atoms with van der Waals surface area (Å²) in [4.78, 5) is 0. The van der Waals surface area contributed by atoms with E-state index in [9.17, 15) is 4.39 Å². The molecule has 0 heterocycles. The van der Waals surface area contributed by atoms with E-state index in [-0.39, 0.29) is 0 Å². The summed E-state index contributed by atoms with van der Waals surface area (Å²) in [6.45, 7) is 1.56. The SMILES string of the molecule is CSC(C)(F)SC. The Labute approximate surface area is 52.2 Å². The fourth-order valence-electron chi connectivity index (χ4n) is 0.0833. The highest BCUT2D eigenvalue weighted by atomic mass is 32.2. The fourth-order valence-corrected chi connectivity index (χ4v) is 0.750. The Kier molecular flexibility index (Phi) is 3.08. The van der Waals surface area contributed by atoms with E-state index in [4.69, 9.17) is 0 Å². The predicted octanol–water partition coefficient (Wildman–Crippen LogP) is 2.36. The minimum absolute atomic E-state index is 1.08. The second-order valence-electron chi connectivity index (χ2n) is 1.24. The molecule has 7 heavy (non-hydrogen) atoms. The lowest BCUT2D eigenvalue weighted by molar-refractivity contribution is 0.444. The van der Waals surface area contributed by atoms with Crippen LogP contribution in [0.3, 0.4) is 0 Å². The first kappa shape index (κ1) is 7.63. The highest BCUT2D eigenvalue weighted by Crippen LogP contribution is 2.33. The van der Waals surface area contributed by atoms with Gasteiger partial charge in [0, 0.05) is 0 Å². The Morgan fingerprint density at radius 1 is 1.29 bits per heavy atom. The molecule has 0 aromatic carbocycles. The van der Waals surface area contributed by atoms with E-state index in [0.29, 0.717) is 0 Å². The van der Waals surface area contributed by atoms with Crippen molar-refractivity contribution in [2.24, 2.45) is 0 Å². The average Bonchev–Trinajstić information content (AvgIpc) is 1.68. The lowest BCUT2D eigenvalue weighted by atomic mass is 10.9. The molecule has 0 aliphatic heterocycles. The molecule has 0 atom stereocenters. The summed E-state index contributed by atoms with van der Waals surface area (Å²) in [5.74, 6) is 0. The van der Waals surface area contributed by atoms with Crippen LogP contribution in [0.5, 0.6) is 0 Å². The number of hydrogen-bond donors (Lipinski definition) is 0. The van der Waals surface area contributed by atoms with E-state index in [1.54, 1.807) is 19.4 Å². The van der Waals surface area contributed by atoms with Crippen molar-refractivity contribution in [1.29, 1.82) is 0 Å². The third kappa shape index (κ3) is 3.23. The van der Waals surface area contributed by atoms with Crippen LogP contribution in [0, 0.1) is 0 Å². The fraction of sp³-hybridized carbons (Fsp3) is 1.00. The molecule has 0 aliphatic rings. The molecule has 0 saturated heterocycles. The zero-order valence-corrected chi connectivity index (χ0v) is 6.33. The summed E-state index contributed by atoms with van der Waals surface area (Å²) in [5, 5.41) is 0. The summed E-state index contributed by atoms with van der Waals surface area (Å²) in [5.41, 5.74) is 0. The van der Waals surface area contributed by atoms with Gasteiger partial charge in [0.05, 0.1) is 0 Å². The van der Waals surface area contributed by atoms with Gasteiger partial charge in [0.15, 0.2) is 4.33 Å². The van der Waals surface area contributed by atoms with Gasteiger partial charge in [0.2, 0.25) is 0 Å². The zero-order chi connectivity index (χ0) is 5.91. The van der Waals surface area contributed by atoms with Crippen molar-refractivity contribution in [3.63, 3.8) is 0 Å². The van der Waals surface area contributed by atoms with Gasteiger partial charge in [0.1, 0.15) is 0 Å². The average molecular weight is 140 g/mol. The van der Waals surface area contributed by atoms with Crippen molar-refractivity contribution in [2.75, 3.05) is 12.5 Å². The molecule has 0 nitrogen and oxygen atoms in total. The quantitative estimate of drug-likeness (QED) is 0.540. The molecule has 3 heteroatoms. The maximum atomic E-state index is 12.5. The lowest BCUT2D eigenvalue weighted by Crippen LogP contribution is -2.02. The molecule has 0 bridgehead atoms. The minimum atomic E-state index is -1.08. The van der Waals surface area contributed by atoms with E-state index >= 15 is 0 Å². The normalized spacial score (nSPS) is 12.0. The Bertz CT molecular complexity index is 47.7. The summed E-state index contributed by atoms with van der Waals surface area (Å²) >= 11 is 2.45. The van der Waals surface area contributed by atoms with E-state index in [1.165, 1.54) is 23.5 Å². The molecule has 0 fully saturated rings. The molecule has 44 valence electrons. The van der Waals surface area contributed by atoms with E-state index in [0.717, 1.165) is 0 Å². The van der Waals surface area contributed by atoms with Gasteiger partial charge in [-0.3, -0.25) is 0 Å². The third-order valence-corrected chi connectivity index (χ3v) is 3.19. The Balaban J connectivity index is 3.36. The summed E-state index contributed by atoms with van der Waals surface area (Å²) in [6.07, 6.45) is 3.52. The van der Waals surface area contributed by atoms with Gasteiger partial charge in [-0.2, -0.15) is 0 Å². The summed E-state index contributed by atoms with van der Waals surface area (Å²) in [7, 11) is 0. The first-order valence-electron chi connectivity index (χ1n) is 1.91. The molecular formula is C4H9FS2. The van der Waals surface area contributed by atoms with Crippen molar-refractivity contribution in [2.45, 2.75) is 11.3 Å². The van der Waals surface area contributed by atoms with Gasteiger partial charge in [0.25, 0.3) is 0 Å². The number of halogens is 1. The second kappa shape index (κ2) is 2.82. The molecule has 0 unspecified atom stereocenters. The molecule has 0 aromatic rings. The highest BCUT2D eigenvalue weighted by Gasteiger charge is 2.17. The van der Waals surface area contributed by atoms with Crippen LogP contribution in [0.15, 0.2) is 0 Å². The Morgan fingerprint density at radius 3 is 1.57 bits per heavy atom. The molecular weight excluding hydrogens is 131 g/mol. The molecule has 0 saturated carbocycles.